The van der Waals surface area contributed by atoms with Crippen molar-refractivity contribution in [1.29, 1.82) is 0 Å². The van der Waals surface area contributed by atoms with Crippen LogP contribution < -0.4 is 14.4 Å². The highest BCUT2D eigenvalue weighted by Crippen LogP contribution is 2.22. The number of carbonyl (C=O) groups is 2. The molecule has 0 spiro atoms. The van der Waals surface area contributed by atoms with Crippen LogP contribution in [0.15, 0.2) is 48.5 Å². The standard InChI is InChI=1S/C26H37N3O5S/c1-19(2)27-26(31)21(4)28(18-22-10-7-9-20(3)17-22)25(30)11-8-16-29(35(6,32)33)23-12-14-24(34-5)15-13-23/h7,9-10,12-15,17,19,21H,8,11,16,18H2,1-6H3,(H,27,31). The van der Waals surface area contributed by atoms with Crippen molar-refractivity contribution >= 4 is 27.5 Å². The Labute approximate surface area is 209 Å². The van der Waals surface area contributed by atoms with Crippen molar-refractivity contribution in [2.75, 3.05) is 24.2 Å². The zero-order valence-electron chi connectivity index (χ0n) is 21.4. The van der Waals surface area contributed by atoms with Crippen LogP contribution in [0.1, 0.15) is 44.7 Å². The van der Waals surface area contributed by atoms with E-state index in [9.17, 15) is 18.0 Å². The molecule has 0 fully saturated rings. The lowest BCUT2D eigenvalue weighted by molar-refractivity contribution is -0.140. The predicted molar refractivity (Wildman–Crippen MR) is 139 cm³/mol. The largest absolute Gasteiger partial charge is 0.497 e. The molecule has 9 heteroatoms. The number of hydrogen-bond acceptors (Lipinski definition) is 5. The summed E-state index contributed by atoms with van der Waals surface area (Å²) in [5.41, 5.74) is 2.50. The number of sulfonamides is 1. The van der Waals surface area contributed by atoms with Crippen LogP contribution >= 0.6 is 0 Å². The minimum atomic E-state index is -3.55. The van der Waals surface area contributed by atoms with Gasteiger partial charge in [0, 0.05) is 25.6 Å². The first-order valence-corrected chi connectivity index (χ1v) is 13.5. The molecule has 0 heterocycles. The smallest absolute Gasteiger partial charge is 0.242 e. The molecule has 0 aromatic heterocycles. The summed E-state index contributed by atoms with van der Waals surface area (Å²) in [7, 11) is -2.01. The molecule has 0 saturated heterocycles. The molecular weight excluding hydrogens is 466 g/mol. The Kier molecular flexibility index (Phi) is 10.1. The average molecular weight is 504 g/mol. The average Bonchev–Trinajstić information content (AvgIpc) is 2.78. The zero-order chi connectivity index (χ0) is 26.2. The van der Waals surface area contributed by atoms with E-state index in [1.165, 1.54) is 4.31 Å². The van der Waals surface area contributed by atoms with Gasteiger partial charge in [0.15, 0.2) is 0 Å². The zero-order valence-corrected chi connectivity index (χ0v) is 22.3. The lowest BCUT2D eigenvalue weighted by Crippen LogP contribution is -2.49. The topological polar surface area (TPSA) is 96.0 Å². The highest BCUT2D eigenvalue weighted by molar-refractivity contribution is 7.92. The van der Waals surface area contributed by atoms with Crippen molar-refractivity contribution in [2.45, 2.75) is 59.2 Å². The van der Waals surface area contributed by atoms with E-state index in [1.807, 2.05) is 45.0 Å². The second-order valence-corrected chi connectivity index (χ2v) is 10.9. The number of nitrogens with zero attached hydrogens (tertiary/aromatic N) is 2. The van der Waals surface area contributed by atoms with E-state index >= 15 is 0 Å². The van der Waals surface area contributed by atoms with Crippen LogP contribution in [0, 0.1) is 6.92 Å². The minimum absolute atomic E-state index is 0.0475. The number of aryl methyl sites for hydroxylation is 1. The van der Waals surface area contributed by atoms with E-state index in [4.69, 9.17) is 4.74 Å². The molecule has 2 aromatic rings. The number of rotatable bonds is 12. The molecule has 1 atom stereocenters. The van der Waals surface area contributed by atoms with Gasteiger partial charge >= 0.3 is 0 Å². The summed E-state index contributed by atoms with van der Waals surface area (Å²) in [4.78, 5) is 27.5. The van der Waals surface area contributed by atoms with Crippen molar-refractivity contribution < 1.29 is 22.7 Å². The monoisotopic (exact) mass is 503 g/mol. The molecule has 0 aliphatic carbocycles. The van der Waals surface area contributed by atoms with Crippen LogP contribution in [-0.2, 0) is 26.2 Å². The van der Waals surface area contributed by atoms with E-state index in [1.54, 1.807) is 43.2 Å². The summed E-state index contributed by atoms with van der Waals surface area (Å²) < 4.78 is 31.3. The number of amides is 2. The second kappa shape index (κ2) is 12.6. The van der Waals surface area contributed by atoms with Crippen molar-refractivity contribution in [3.8, 4) is 5.75 Å². The normalized spacial score (nSPS) is 12.2. The van der Waals surface area contributed by atoms with Gasteiger partial charge < -0.3 is 15.0 Å². The van der Waals surface area contributed by atoms with E-state index in [0.29, 0.717) is 24.4 Å². The molecule has 2 rings (SSSR count). The van der Waals surface area contributed by atoms with Crippen LogP contribution in [0.25, 0.3) is 0 Å². The molecule has 0 radical (unpaired) electrons. The van der Waals surface area contributed by atoms with Gasteiger partial charge in [0.2, 0.25) is 21.8 Å². The third-order valence-corrected chi connectivity index (χ3v) is 6.74. The molecule has 0 bridgehead atoms. The van der Waals surface area contributed by atoms with Gasteiger partial charge in [0.25, 0.3) is 0 Å². The SMILES string of the molecule is COc1ccc(N(CCCC(=O)N(Cc2cccc(C)c2)C(C)C(=O)NC(C)C)S(C)(=O)=O)cc1. The Bertz CT molecular complexity index is 1100. The lowest BCUT2D eigenvalue weighted by Gasteiger charge is -2.30. The summed E-state index contributed by atoms with van der Waals surface area (Å²) in [6, 6.07) is 13.8. The maximum atomic E-state index is 13.3. The summed E-state index contributed by atoms with van der Waals surface area (Å²) in [5.74, 6) is 0.191. The summed E-state index contributed by atoms with van der Waals surface area (Å²) in [6.45, 7) is 7.87. The van der Waals surface area contributed by atoms with Gasteiger partial charge in [-0.3, -0.25) is 13.9 Å². The van der Waals surface area contributed by atoms with Crippen LogP contribution in [0.3, 0.4) is 0 Å². The van der Waals surface area contributed by atoms with E-state index in [0.717, 1.165) is 17.4 Å². The number of anilines is 1. The van der Waals surface area contributed by atoms with Crippen LogP contribution in [0.5, 0.6) is 5.75 Å². The molecule has 35 heavy (non-hydrogen) atoms. The summed E-state index contributed by atoms with van der Waals surface area (Å²) in [5, 5.41) is 2.87. The third kappa shape index (κ3) is 8.58. The Morgan fingerprint density at radius 2 is 1.71 bits per heavy atom. The molecule has 0 aliphatic rings. The molecule has 2 amide bonds. The number of methoxy groups -OCH3 is 1. The predicted octanol–water partition coefficient (Wildman–Crippen LogP) is 3.49. The first-order chi connectivity index (χ1) is 16.4. The number of nitrogens with one attached hydrogen (secondary N) is 1. The van der Waals surface area contributed by atoms with Gasteiger partial charge in [0.05, 0.1) is 19.1 Å². The van der Waals surface area contributed by atoms with Crippen LogP contribution in [0.4, 0.5) is 5.69 Å². The number of carbonyl (C=O) groups excluding carboxylic acids is 2. The van der Waals surface area contributed by atoms with Crippen LogP contribution in [0.2, 0.25) is 0 Å². The molecule has 8 nitrogen and oxygen atoms in total. The van der Waals surface area contributed by atoms with Crippen molar-refractivity contribution in [3.63, 3.8) is 0 Å². The maximum Gasteiger partial charge on any atom is 0.242 e. The Hall–Kier alpha value is -3.07. The molecule has 1 unspecified atom stereocenters. The van der Waals surface area contributed by atoms with Crippen molar-refractivity contribution in [1.82, 2.24) is 10.2 Å². The summed E-state index contributed by atoms with van der Waals surface area (Å²) >= 11 is 0. The fraction of sp³-hybridized carbons (Fsp3) is 0.462. The third-order valence-electron chi connectivity index (χ3n) is 5.55. The second-order valence-electron chi connectivity index (χ2n) is 8.99. The minimum Gasteiger partial charge on any atom is -0.497 e. The fourth-order valence-corrected chi connectivity index (χ4v) is 4.71. The quantitative estimate of drug-likeness (QED) is 0.478. The molecular formula is C26H37N3O5S. The maximum absolute atomic E-state index is 13.3. The molecule has 1 N–H and O–H groups in total. The van der Waals surface area contributed by atoms with Gasteiger partial charge in [-0.1, -0.05) is 29.8 Å². The first kappa shape index (κ1) is 28.2. The summed E-state index contributed by atoms with van der Waals surface area (Å²) in [6.07, 6.45) is 1.55. The highest BCUT2D eigenvalue weighted by atomic mass is 32.2. The van der Waals surface area contributed by atoms with Gasteiger partial charge in [-0.2, -0.15) is 0 Å². The van der Waals surface area contributed by atoms with Crippen molar-refractivity contribution in [2.24, 2.45) is 0 Å². The number of ether oxygens (including phenoxy) is 1. The molecule has 0 aliphatic heterocycles. The molecule has 192 valence electrons. The van der Waals surface area contributed by atoms with Gasteiger partial charge in [0.1, 0.15) is 11.8 Å². The first-order valence-electron chi connectivity index (χ1n) is 11.7. The Balaban J connectivity index is 2.16. The van der Waals surface area contributed by atoms with Gasteiger partial charge in [-0.25, -0.2) is 8.42 Å². The van der Waals surface area contributed by atoms with Gasteiger partial charge in [-0.05, 0) is 63.9 Å². The van der Waals surface area contributed by atoms with E-state index in [2.05, 4.69) is 5.32 Å². The number of benzene rings is 2. The number of hydrogen-bond donors (Lipinski definition) is 1. The van der Waals surface area contributed by atoms with E-state index < -0.39 is 16.1 Å². The van der Waals surface area contributed by atoms with E-state index in [-0.39, 0.29) is 30.8 Å². The lowest BCUT2D eigenvalue weighted by atomic mass is 10.1. The van der Waals surface area contributed by atoms with Crippen molar-refractivity contribution in [3.05, 3.63) is 59.7 Å². The van der Waals surface area contributed by atoms with Crippen LogP contribution in [-0.4, -0.2) is 57.1 Å². The highest BCUT2D eigenvalue weighted by Gasteiger charge is 2.27. The Morgan fingerprint density at radius 1 is 1.06 bits per heavy atom. The molecule has 2 aromatic carbocycles. The van der Waals surface area contributed by atoms with Gasteiger partial charge in [-0.15, -0.1) is 0 Å². The molecule has 0 saturated carbocycles. The fourth-order valence-electron chi connectivity index (χ4n) is 3.75. The Morgan fingerprint density at radius 3 is 2.26 bits per heavy atom.